The molecule has 0 bridgehead atoms. The van der Waals surface area contributed by atoms with E-state index in [4.69, 9.17) is 10.8 Å². The summed E-state index contributed by atoms with van der Waals surface area (Å²) in [7, 11) is 1.80. The summed E-state index contributed by atoms with van der Waals surface area (Å²) in [6.07, 6.45) is 8.33. The van der Waals surface area contributed by atoms with Crippen molar-refractivity contribution in [1.82, 2.24) is 29.6 Å². The lowest BCUT2D eigenvalue weighted by Crippen LogP contribution is -2.62. The number of likely N-dealkylation sites (tertiary alicyclic amines) is 1. The monoisotopic (exact) mass is 433 g/mol. The first kappa shape index (κ1) is 20.8. The van der Waals surface area contributed by atoms with Crippen molar-refractivity contribution in [1.29, 1.82) is 0 Å². The highest BCUT2D eigenvalue weighted by Crippen LogP contribution is 2.34. The number of aryl methyl sites for hydroxylation is 1. The molecule has 3 aromatic rings. The van der Waals surface area contributed by atoms with E-state index in [0.29, 0.717) is 16.9 Å². The Morgan fingerprint density at radius 1 is 1.32 bits per heavy atom. The molecular formula is C19H21F2N7O3. The molecule has 0 radical (unpaired) electrons. The Hall–Kier alpha value is -3.41. The maximum absolute atomic E-state index is 12.4. The first-order chi connectivity index (χ1) is 14.6. The van der Waals surface area contributed by atoms with Crippen LogP contribution >= 0.6 is 0 Å². The Morgan fingerprint density at radius 3 is 2.58 bits per heavy atom. The number of carboxylic acid groups (broad SMARTS) is 1. The molecule has 164 valence electrons. The quantitative estimate of drug-likeness (QED) is 0.562. The minimum Gasteiger partial charge on any atom is -0.478 e. The SMILES string of the molecule is Cn1cc(-c2cnc3[nH]cc(C(=O)O)c3n2)cn1.N[C@@H](C(=O)N1CC(F)(F)C1)C1CC1. The maximum atomic E-state index is 12.4. The normalized spacial score (nSPS) is 18.1. The number of carbonyl (C=O) groups excluding carboxylic acids is 1. The molecule has 0 aromatic carbocycles. The molecule has 5 rings (SSSR count). The number of alkyl halides is 2. The summed E-state index contributed by atoms with van der Waals surface area (Å²) in [6.45, 7) is -0.904. The number of amides is 1. The molecular weight excluding hydrogens is 412 g/mol. The number of carbonyl (C=O) groups is 2. The standard InChI is InChI=1S/C11H9N5O2.C8H12F2N2O/c1-16-5-6(2-14-16)8-4-13-10-9(15-8)7(3-12-10)11(17)18;9-8(10)3-12(4-8)7(13)6(11)5-1-2-5/h2-5H,1H3,(H,12,13)(H,17,18);5-6H,1-4,11H2/t;6-/m.1/s1. The van der Waals surface area contributed by atoms with E-state index < -0.39 is 31.0 Å². The number of nitrogens with one attached hydrogen (secondary N) is 1. The molecule has 12 heteroatoms. The Balaban J connectivity index is 0.000000158. The van der Waals surface area contributed by atoms with Gasteiger partial charge in [-0.2, -0.15) is 5.10 Å². The van der Waals surface area contributed by atoms with Crippen LogP contribution in [0.2, 0.25) is 0 Å². The third-order valence-electron chi connectivity index (χ3n) is 5.18. The van der Waals surface area contributed by atoms with Gasteiger partial charge in [0, 0.05) is 25.0 Å². The smallest absolute Gasteiger partial charge is 0.339 e. The predicted octanol–water partition coefficient (Wildman–Crippen LogP) is 1.26. The van der Waals surface area contributed by atoms with Gasteiger partial charge in [-0.3, -0.25) is 9.48 Å². The minimum atomic E-state index is -2.68. The highest BCUT2D eigenvalue weighted by Gasteiger charge is 2.48. The Morgan fingerprint density at radius 2 is 2.03 bits per heavy atom. The molecule has 1 aliphatic heterocycles. The van der Waals surface area contributed by atoms with E-state index in [1.165, 1.54) is 6.20 Å². The van der Waals surface area contributed by atoms with Gasteiger partial charge < -0.3 is 20.7 Å². The van der Waals surface area contributed by atoms with Crippen molar-refractivity contribution >= 4 is 23.0 Å². The van der Waals surface area contributed by atoms with Crippen LogP contribution in [0, 0.1) is 5.92 Å². The van der Waals surface area contributed by atoms with Crippen LogP contribution in [0.4, 0.5) is 8.78 Å². The van der Waals surface area contributed by atoms with Crippen molar-refractivity contribution in [2.45, 2.75) is 24.8 Å². The third kappa shape index (κ3) is 4.38. The summed E-state index contributed by atoms with van der Waals surface area (Å²) in [5, 5.41) is 13.1. The Labute approximate surface area is 175 Å². The fraction of sp³-hybridized carbons (Fsp3) is 0.421. The van der Waals surface area contributed by atoms with Crippen LogP contribution in [-0.2, 0) is 11.8 Å². The second kappa shape index (κ2) is 7.69. The van der Waals surface area contributed by atoms with E-state index in [1.807, 2.05) is 0 Å². The van der Waals surface area contributed by atoms with Crippen molar-refractivity contribution in [2.24, 2.45) is 18.7 Å². The number of H-pyrrole nitrogens is 1. The lowest BCUT2D eigenvalue weighted by molar-refractivity contribution is -0.167. The summed E-state index contributed by atoms with van der Waals surface area (Å²) in [5.74, 6) is -3.78. The number of hydrogen-bond donors (Lipinski definition) is 3. The van der Waals surface area contributed by atoms with E-state index in [9.17, 15) is 18.4 Å². The molecule has 4 heterocycles. The van der Waals surface area contributed by atoms with Gasteiger partial charge in [0.2, 0.25) is 5.91 Å². The molecule has 4 N–H and O–H groups in total. The van der Waals surface area contributed by atoms with E-state index in [0.717, 1.165) is 23.3 Å². The summed E-state index contributed by atoms with van der Waals surface area (Å²) in [5.41, 5.74) is 7.90. The molecule has 2 aliphatic rings. The number of hydrogen-bond acceptors (Lipinski definition) is 6. The zero-order chi connectivity index (χ0) is 22.3. The van der Waals surface area contributed by atoms with Crippen LogP contribution in [0.25, 0.3) is 22.4 Å². The van der Waals surface area contributed by atoms with Crippen molar-refractivity contribution in [3.63, 3.8) is 0 Å². The van der Waals surface area contributed by atoms with Gasteiger partial charge in [0.15, 0.2) is 5.65 Å². The molecule has 1 aliphatic carbocycles. The molecule has 1 amide bonds. The van der Waals surface area contributed by atoms with Gasteiger partial charge in [-0.1, -0.05) is 0 Å². The van der Waals surface area contributed by atoms with Crippen molar-refractivity contribution in [3.05, 3.63) is 30.4 Å². The number of aromatic carboxylic acids is 1. The van der Waals surface area contributed by atoms with Gasteiger partial charge in [0.25, 0.3) is 5.92 Å². The van der Waals surface area contributed by atoms with E-state index in [-0.39, 0.29) is 17.4 Å². The first-order valence-electron chi connectivity index (χ1n) is 9.63. The number of nitrogens with two attached hydrogens (primary N) is 1. The second-order valence-electron chi connectivity index (χ2n) is 7.78. The van der Waals surface area contributed by atoms with Crippen LogP contribution in [0.3, 0.4) is 0 Å². The molecule has 1 saturated carbocycles. The molecule has 1 saturated heterocycles. The largest absolute Gasteiger partial charge is 0.478 e. The number of aromatic amines is 1. The molecule has 0 spiro atoms. The molecule has 1 atom stereocenters. The van der Waals surface area contributed by atoms with Crippen molar-refractivity contribution in [2.75, 3.05) is 13.1 Å². The van der Waals surface area contributed by atoms with Gasteiger partial charge >= 0.3 is 5.97 Å². The average Bonchev–Trinajstić information content (AvgIpc) is 3.32. The molecule has 2 fully saturated rings. The number of nitrogens with zero attached hydrogens (tertiary/aromatic N) is 5. The van der Waals surface area contributed by atoms with Crippen LogP contribution in [0.5, 0.6) is 0 Å². The third-order valence-corrected chi connectivity index (χ3v) is 5.18. The lowest BCUT2D eigenvalue weighted by atomic mass is 10.1. The zero-order valence-electron chi connectivity index (χ0n) is 16.6. The summed E-state index contributed by atoms with van der Waals surface area (Å²) < 4.78 is 26.4. The number of fused-ring (bicyclic) bond motifs is 1. The van der Waals surface area contributed by atoms with E-state index in [2.05, 4.69) is 20.1 Å². The number of halogens is 2. The fourth-order valence-corrected chi connectivity index (χ4v) is 3.28. The van der Waals surface area contributed by atoms with Crippen LogP contribution in [0.1, 0.15) is 23.2 Å². The molecule has 31 heavy (non-hydrogen) atoms. The van der Waals surface area contributed by atoms with Crippen LogP contribution in [0.15, 0.2) is 24.8 Å². The molecule has 3 aromatic heterocycles. The first-order valence-corrected chi connectivity index (χ1v) is 9.63. The van der Waals surface area contributed by atoms with E-state index >= 15 is 0 Å². The fourth-order valence-electron chi connectivity index (χ4n) is 3.28. The average molecular weight is 433 g/mol. The topological polar surface area (TPSA) is 143 Å². The van der Waals surface area contributed by atoms with Crippen molar-refractivity contribution < 1.29 is 23.5 Å². The highest BCUT2D eigenvalue weighted by molar-refractivity contribution is 6.00. The summed E-state index contributed by atoms with van der Waals surface area (Å²) in [6, 6.07) is -0.545. The van der Waals surface area contributed by atoms with Gasteiger partial charge in [-0.15, -0.1) is 0 Å². The number of aromatic nitrogens is 5. The predicted molar refractivity (Wildman–Crippen MR) is 105 cm³/mol. The molecule has 10 nitrogen and oxygen atoms in total. The second-order valence-corrected chi connectivity index (χ2v) is 7.78. The Kier molecular flexibility index (Phi) is 5.17. The van der Waals surface area contributed by atoms with Gasteiger partial charge in [0.05, 0.1) is 37.2 Å². The summed E-state index contributed by atoms with van der Waals surface area (Å²) >= 11 is 0. The van der Waals surface area contributed by atoms with E-state index in [1.54, 1.807) is 30.3 Å². The summed E-state index contributed by atoms with van der Waals surface area (Å²) in [4.78, 5) is 34.8. The van der Waals surface area contributed by atoms with Crippen LogP contribution < -0.4 is 5.73 Å². The van der Waals surface area contributed by atoms with Gasteiger partial charge in [0.1, 0.15) is 11.1 Å². The van der Waals surface area contributed by atoms with Gasteiger partial charge in [-0.05, 0) is 18.8 Å². The number of rotatable bonds is 4. The van der Waals surface area contributed by atoms with Gasteiger partial charge in [-0.25, -0.2) is 23.5 Å². The van der Waals surface area contributed by atoms with Crippen LogP contribution in [-0.4, -0.2) is 71.7 Å². The highest BCUT2D eigenvalue weighted by atomic mass is 19.3. The zero-order valence-corrected chi connectivity index (χ0v) is 16.6. The Bertz CT molecular complexity index is 1130. The maximum Gasteiger partial charge on any atom is 0.339 e. The molecule has 0 unspecified atom stereocenters. The van der Waals surface area contributed by atoms with Crippen molar-refractivity contribution in [3.8, 4) is 11.3 Å². The minimum absolute atomic E-state index is 0.114. The number of carboxylic acids is 1. The lowest BCUT2D eigenvalue weighted by Gasteiger charge is -2.39.